The zero-order chi connectivity index (χ0) is 45.5. The van der Waals surface area contributed by atoms with Crippen LogP contribution in [0.3, 0.4) is 0 Å². The summed E-state index contributed by atoms with van der Waals surface area (Å²) in [5.41, 5.74) is 0. The molecule has 372 valence electrons. The molecular formula is C34H62O29. The Morgan fingerprint density at radius 1 is 0.222 bits per heavy atom. The van der Waals surface area contributed by atoms with Crippen LogP contribution in [0.25, 0.3) is 0 Å². The van der Waals surface area contributed by atoms with Crippen LogP contribution < -0.4 is 0 Å². The highest BCUT2D eigenvalue weighted by atomic mass is 17.3. The molecule has 0 saturated heterocycles. The summed E-state index contributed by atoms with van der Waals surface area (Å²) < 4.78 is 14.6. The number of hydrogen-bond acceptors (Lipinski definition) is 29. The Morgan fingerprint density at radius 2 is 0.349 bits per heavy atom. The zero-order valence-electron chi connectivity index (χ0n) is 35.2. The second kappa shape index (κ2) is 55.6. The van der Waals surface area contributed by atoms with Gasteiger partial charge in [-0.05, 0) is 0 Å². The van der Waals surface area contributed by atoms with Gasteiger partial charge in [-0.1, -0.05) is 13.2 Å². The molecule has 0 bridgehead atoms. The number of carbonyl (C=O) groups is 2. The van der Waals surface area contributed by atoms with E-state index < -0.39 is 11.9 Å². The molecule has 0 aliphatic carbocycles. The Labute approximate surface area is 363 Å². The number of hydrogen-bond donors (Lipinski definition) is 0. The second-order valence-electron chi connectivity index (χ2n) is 10.1. The molecule has 0 amide bonds. The summed E-state index contributed by atoms with van der Waals surface area (Å²) >= 11 is 0. The Morgan fingerprint density at radius 3 is 0.524 bits per heavy atom. The van der Waals surface area contributed by atoms with Gasteiger partial charge in [-0.2, -0.15) is 0 Å². The molecule has 63 heavy (non-hydrogen) atoms. The largest absolute Gasteiger partial charge is 0.460 e. The molecule has 0 spiro atoms. The summed E-state index contributed by atoms with van der Waals surface area (Å²) in [6, 6.07) is 0. The molecule has 29 heteroatoms. The molecule has 0 fully saturated rings. The van der Waals surface area contributed by atoms with E-state index >= 15 is 0 Å². The monoisotopic (exact) mass is 934 g/mol. The standard InChI is InChI=1S/C34H62O29/c1-3-33(35)38-7-5-37-6-9-40-42-11-13-44-46-15-17-48-50-19-21-52-54-23-25-56-58-27-29-60-62-31-32-63-61-30-28-59-57-26-24-55-53-22-20-51-49-18-16-47-45-14-12-43-41-10-8-39-34(36)4-2/h3-4H,1-2,5-32H2. The third kappa shape index (κ3) is 55.5. The van der Waals surface area contributed by atoms with Crippen molar-refractivity contribution < 1.29 is 141 Å². The maximum atomic E-state index is 10.8. The normalized spacial score (nSPS) is 11.3. The maximum Gasteiger partial charge on any atom is 0.330 e. The van der Waals surface area contributed by atoms with Crippen molar-refractivity contribution in [1.82, 2.24) is 0 Å². The van der Waals surface area contributed by atoms with Gasteiger partial charge in [0.2, 0.25) is 0 Å². The van der Waals surface area contributed by atoms with Crippen LogP contribution in [0.5, 0.6) is 0 Å². The molecule has 0 aromatic heterocycles. The van der Waals surface area contributed by atoms with Crippen molar-refractivity contribution in [3.8, 4) is 0 Å². The Bertz CT molecular complexity index is 882. The van der Waals surface area contributed by atoms with Crippen LogP contribution in [-0.2, 0) is 141 Å². The molecule has 0 radical (unpaired) electrons. The summed E-state index contributed by atoms with van der Waals surface area (Å²) in [4.78, 5) is 138. The SMILES string of the molecule is C=CC(=O)OCCOCCOOCCOOCCOOCCOOCCOOCCOOCCOOCCOOCCOOCCOOCCOOCCOOCCOC(=O)C=C. The van der Waals surface area contributed by atoms with Crippen molar-refractivity contribution in [3.05, 3.63) is 25.3 Å². The minimum Gasteiger partial charge on any atom is -0.460 e. The predicted octanol–water partition coefficient (Wildman–Crippen LogP) is -0.160. The fourth-order valence-electron chi connectivity index (χ4n) is 2.85. The third-order valence-electron chi connectivity index (χ3n) is 5.28. The summed E-state index contributed by atoms with van der Waals surface area (Å²) in [6.07, 6.45) is 2.12. The lowest BCUT2D eigenvalue weighted by Gasteiger charge is -2.07. The van der Waals surface area contributed by atoms with Crippen LogP contribution in [0.4, 0.5) is 0 Å². The summed E-state index contributed by atoms with van der Waals surface area (Å²) in [5.74, 6) is -1.05. The predicted molar refractivity (Wildman–Crippen MR) is 196 cm³/mol. The van der Waals surface area contributed by atoms with E-state index in [0.29, 0.717) is 0 Å². The average molecular weight is 935 g/mol. The van der Waals surface area contributed by atoms with Crippen molar-refractivity contribution in [2.75, 3.05) is 185 Å². The molecule has 29 nitrogen and oxygen atoms in total. The highest BCUT2D eigenvalue weighted by Gasteiger charge is 2.01. The summed E-state index contributed by atoms with van der Waals surface area (Å²) in [6.45, 7) is 9.75. The van der Waals surface area contributed by atoms with Crippen molar-refractivity contribution in [1.29, 1.82) is 0 Å². The molecule has 0 rings (SSSR count). The first-order valence-electron chi connectivity index (χ1n) is 19.3. The Hall–Kier alpha value is -2.58. The Balaban J connectivity index is 3.08. The molecule has 0 aliphatic rings. The highest BCUT2D eigenvalue weighted by molar-refractivity contribution is 5.81. The fourth-order valence-corrected chi connectivity index (χ4v) is 2.85. The van der Waals surface area contributed by atoms with Gasteiger partial charge >= 0.3 is 11.9 Å². The lowest BCUT2D eigenvalue weighted by molar-refractivity contribution is -0.380. The van der Waals surface area contributed by atoms with E-state index in [1.54, 1.807) is 0 Å². The summed E-state index contributed by atoms with van der Waals surface area (Å²) in [7, 11) is 0. The zero-order valence-corrected chi connectivity index (χ0v) is 35.2. The van der Waals surface area contributed by atoms with Crippen LogP contribution in [0.1, 0.15) is 0 Å². The second-order valence-corrected chi connectivity index (χ2v) is 10.1. The molecule has 0 atom stereocenters. The van der Waals surface area contributed by atoms with Gasteiger partial charge < -0.3 is 14.2 Å². The number of ether oxygens (including phenoxy) is 3. The lowest BCUT2D eigenvalue weighted by atomic mass is 10.6. The van der Waals surface area contributed by atoms with E-state index in [9.17, 15) is 9.59 Å². The molecule has 0 saturated carbocycles. The van der Waals surface area contributed by atoms with E-state index in [4.69, 9.17) is 127 Å². The number of esters is 2. The van der Waals surface area contributed by atoms with Gasteiger partial charge in [0.05, 0.1) is 13.2 Å². The van der Waals surface area contributed by atoms with Gasteiger partial charge in [0.15, 0.2) is 0 Å². The van der Waals surface area contributed by atoms with E-state index in [0.717, 1.165) is 12.2 Å². The first-order chi connectivity index (χ1) is 31.2. The fraction of sp³-hybridized carbons (Fsp3) is 0.824. The average Bonchev–Trinajstić information content (AvgIpc) is 3.30. The van der Waals surface area contributed by atoms with Gasteiger partial charge in [0.25, 0.3) is 0 Å². The van der Waals surface area contributed by atoms with Gasteiger partial charge in [0.1, 0.15) is 172 Å². The molecule has 0 aromatic rings. The quantitative estimate of drug-likeness (QED) is 0.0252. The van der Waals surface area contributed by atoms with Crippen molar-refractivity contribution >= 4 is 11.9 Å². The van der Waals surface area contributed by atoms with Crippen LogP contribution in [0, 0.1) is 0 Å². The Kier molecular flexibility index (Phi) is 53.3. The minimum atomic E-state index is -0.544. The van der Waals surface area contributed by atoms with Gasteiger partial charge in [-0.25, -0.2) is 127 Å². The first-order valence-corrected chi connectivity index (χ1v) is 19.3. The molecule has 0 N–H and O–H groups in total. The molecular weight excluding hydrogens is 872 g/mol. The number of carbonyl (C=O) groups excluding carboxylic acids is 2. The lowest BCUT2D eigenvalue weighted by Crippen LogP contribution is -2.14. The van der Waals surface area contributed by atoms with Gasteiger partial charge in [-0.15, -0.1) is 0 Å². The summed E-state index contributed by atoms with van der Waals surface area (Å²) in [5, 5.41) is 0. The van der Waals surface area contributed by atoms with Crippen LogP contribution in [0.2, 0.25) is 0 Å². The smallest absolute Gasteiger partial charge is 0.330 e. The molecule has 0 unspecified atom stereocenters. The highest BCUT2D eigenvalue weighted by Crippen LogP contribution is 1.92. The molecule has 0 aromatic carbocycles. The van der Waals surface area contributed by atoms with E-state index in [1.165, 1.54) is 0 Å². The van der Waals surface area contributed by atoms with Gasteiger partial charge in [-0.3, -0.25) is 0 Å². The van der Waals surface area contributed by atoms with E-state index in [1.807, 2.05) is 0 Å². The minimum absolute atomic E-state index is 0.0394. The molecule has 0 aliphatic heterocycles. The van der Waals surface area contributed by atoms with Crippen molar-refractivity contribution in [3.63, 3.8) is 0 Å². The van der Waals surface area contributed by atoms with E-state index in [2.05, 4.69) is 17.9 Å². The number of rotatable bonds is 56. The van der Waals surface area contributed by atoms with Gasteiger partial charge in [0, 0.05) is 12.2 Å². The van der Waals surface area contributed by atoms with Crippen LogP contribution >= 0.6 is 0 Å². The van der Waals surface area contributed by atoms with E-state index in [-0.39, 0.29) is 185 Å². The third-order valence-corrected chi connectivity index (χ3v) is 5.28. The molecule has 0 heterocycles. The van der Waals surface area contributed by atoms with Crippen LogP contribution in [0.15, 0.2) is 25.3 Å². The van der Waals surface area contributed by atoms with Crippen molar-refractivity contribution in [2.45, 2.75) is 0 Å². The maximum absolute atomic E-state index is 10.8. The first kappa shape index (κ1) is 60.4. The van der Waals surface area contributed by atoms with Crippen LogP contribution in [-0.4, -0.2) is 197 Å². The van der Waals surface area contributed by atoms with Crippen molar-refractivity contribution in [2.24, 2.45) is 0 Å². The topological polar surface area (TPSA) is 283 Å².